The van der Waals surface area contributed by atoms with Crippen LogP contribution in [0.25, 0.3) is 0 Å². The standard InChI is InChI=1S/C15H14BrFN2O2/c1-9(21-14-5-3-2-4-11(14)16)15(20)19-13-8-10(18)6-7-12(13)17/h2-9H,18H2,1H3,(H,19,20). The van der Waals surface area contributed by atoms with Crippen LogP contribution < -0.4 is 15.8 Å². The van der Waals surface area contributed by atoms with Crippen LogP contribution in [0.4, 0.5) is 15.8 Å². The van der Waals surface area contributed by atoms with Crippen molar-refractivity contribution < 1.29 is 13.9 Å². The minimum Gasteiger partial charge on any atom is -0.480 e. The van der Waals surface area contributed by atoms with Crippen molar-refractivity contribution in [3.05, 3.63) is 52.8 Å². The van der Waals surface area contributed by atoms with Gasteiger partial charge in [0.05, 0.1) is 10.2 Å². The number of hydrogen-bond donors (Lipinski definition) is 2. The SMILES string of the molecule is CC(Oc1ccccc1Br)C(=O)Nc1cc(N)ccc1F. The van der Waals surface area contributed by atoms with E-state index in [1.165, 1.54) is 18.2 Å². The normalized spacial score (nSPS) is 11.8. The Kier molecular flexibility index (Phi) is 4.80. The topological polar surface area (TPSA) is 64.3 Å². The molecule has 2 aromatic rings. The van der Waals surface area contributed by atoms with Crippen LogP contribution >= 0.6 is 15.9 Å². The van der Waals surface area contributed by atoms with Crippen LogP contribution in [0, 0.1) is 5.82 Å². The summed E-state index contributed by atoms with van der Waals surface area (Å²) in [7, 11) is 0. The predicted molar refractivity (Wildman–Crippen MR) is 83.7 cm³/mol. The van der Waals surface area contributed by atoms with Crippen molar-refractivity contribution in [1.29, 1.82) is 0 Å². The first kappa shape index (κ1) is 15.3. The molecule has 21 heavy (non-hydrogen) atoms. The van der Waals surface area contributed by atoms with Gasteiger partial charge < -0.3 is 15.8 Å². The second kappa shape index (κ2) is 6.58. The first-order valence-electron chi connectivity index (χ1n) is 6.24. The van der Waals surface area contributed by atoms with Crippen molar-refractivity contribution >= 4 is 33.2 Å². The second-order valence-electron chi connectivity index (χ2n) is 4.42. The van der Waals surface area contributed by atoms with Crippen LogP contribution in [0.3, 0.4) is 0 Å². The van der Waals surface area contributed by atoms with Crippen LogP contribution in [0.1, 0.15) is 6.92 Å². The van der Waals surface area contributed by atoms with Crippen molar-refractivity contribution in [2.24, 2.45) is 0 Å². The number of benzene rings is 2. The molecule has 0 heterocycles. The van der Waals surface area contributed by atoms with E-state index in [9.17, 15) is 9.18 Å². The smallest absolute Gasteiger partial charge is 0.265 e. The van der Waals surface area contributed by atoms with Gasteiger partial charge in [-0.1, -0.05) is 12.1 Å². The van der Waals surface area contributed by atoms with Gasteiger partial charge in [-0.2, -0.15) is 0 Å². The molecule has 4 nitrogen and oxygen atoms in total. The molecule has 1 atom stereocenters. The van der Waals surface area contributed by atoms with Gasteiger partial charge in [0.25, 0.3) is 5.91 Å². The molecular weight excluding hydrogens is 339 g/mol. The number of nitrogen functional groups attached to an aromatic ring is 1. The third-order valence-electron chi connectivity index (χ3n) is 2.76. The highest BCUT2D eigenvalue weighted by atomic mass is 79.9. The maximum absolute atomic E-state index is 13.6. The molecular formula is C15H14BrFN2O2. The lowest BCUT2D eigenvalue weighted by atomic mass is 10.2. The molecule has 0 aromatic heterocycles. The molecule has 2 aromatic carbocycles. The lowest BCUT2D eigenvalue weighted by Crippen LogP contribution is -2.30. The molecule has 0 bridgehead atoms. The largest absolute Gasteiger partial charge is 0.480 e. The fourth-order valence-electron chi connectivity index (χ4n) is 1.66. The third-order valence-corrected chi connectivity index (χ3v) is 3.41. The fraction of sp³-hybridized carbons (Fsp3) is 0.133. The average Bonchev–Trinajstić information content (AvgIpc) is 2.45. The van der Waals surface area contributed by atoms with Crippen molar-refractivity contribution in [2.45, 2.75) is 13.0 Å². The zero-order valence-electron chi connectivity index (χ0n) is 11.3. The molecule has 3 N–H and O–H groups in total. The minimum atomic E-state index is -0.787. The highest BCUT2D eigenvalue weighted by Gasteiger charge is 2.17. The van der Waals surface area contributed by atoms with E-state index in [1.54, 1.807) is 25.1 Å². The zero-order valence-corrected chi connectivity index (χ0v) is 12.9. The Bertz CT molecular complexity index is 664. The summed E-state index contributed by atoms with van der Waals surface area (Å²) >= 11 is 3.33. The molecule has 1 amide bonds. The third kappa shape index (κ3) is 3.95. The number of carbonyl (C=O) groups is 1. The monoisotopic (exact) mass is 352 g/mol. The van der Waals surface area contributed by atoms with Gasteiger partial charge in [0.1, 0.15) is 11.6 Å². The van der Waals surface area contributed by atoms with Gasteiger partial charge in [0.15, 0.2) is 6.10 Å². The van der Waals surface area contributed by atoms with E-state index in [1.807, 2.05) is 6.07 Å². The summed E-state index contributed by atoms with van der Waals surface area (Å²) in [6, 6.07) is 11.1. The van der Waals surface area contributed by atoms with E-state index in [-0.39, 0.29) is 5.69 Å². The number of nitrogens with one attached hydrogen (secondary N) is 1. The summed E-state index contributed by atoms with van der Waals surface area (Å²) in [6.07, 6.45) is -0.787. The molecule has 110 valence electrons. The minimum absolute atomic E-state index is 0.0302. The Morgan fingerprint density at radius 1 is 1.33 bits per heavy atom. The number of nitrogens with two attached hydrogens (primary N) is 1. The van der Waals surface area contributed by atoms with Crippen molar-refractivity contribution in [3.63, 3.8) is 0 Å². The molecule has 0 fully saturated rings. The molecule has 0 saturated carbocycles. The van der Waals surface area contributed by atoms with Crippen molar-refractivity contribution in [1.82, 2.24) is 0 Å². The van der Waals surface area contributed by atoms with Gasteiger partial charge in [0.2, 0.25) is 0 Å². The fourth-order valence-corrected chi connectivity index (χ4v) is 2.04. The molecule has 2 rings (SSSR count). The van der Waals surface area contributed by atoms with E-state index in [0.29, 0.717) is 11.4 Å². The lowest BCUT2D eigenvalue weighted by molar-refractivity contribution is -0.122. The Balaban J connectivity index is 2.06. The van der Waals surface area contributed by atoms with Crippen LogP contribution in [-0.2, 0) is 4.79 Å². The number of hydrogen-bond acceptors (Lipinski definition) is 3. The van der Waals surface area contributed by atoms with Crippen LogP contribution in [-0.4, -0.2) is 12.0 Å². The molecule has 0 radical (unpaired) electrons. The van der Waals surface area contributed by atoms with Gasteiger partial charge in [-0.15, -0.1) is 0 Å². The molecule has 6 heteroatoms. The molecule has 0 aliphatic rings. The van der Waals surface area contributed by atoms with Crippen LogP contribution in [0.15, 0.2) is 46.9 Å². The van der Waals surface area contributed by atoms with Crippen molar-refractivity contribution in [3.8, 4) is 5.75 Å². The molecule has 0 aliphatic heterocycles. The Hall–Kier alpha value is -2.08. The highest BCUT2D eigenvalue weighted by molar-refractivity contribution is 9.10. The first-order valence-corrected chi connectivity index (χ1v) is 7.03. The van der Waals surface area contributed by atoms with Crippen molar-refractivity contribution in [2.75, 3.05) is 11.1 Å². The Morgan fingerprint density at radius 2 is 2.05 bits per heavy atom. The maximum Gasteiger partial charge on any atom is 0.265 e. The lowest BCUT2D eigenvalue weighted by Gasteiger charge is -2.16. The van der Waals surface area contributed by atoms with Gasteiger partial charge in [-0.25, -0.2) is 4.39 Å². The zero-order chi connectivity index (χ0) is 15.4. The number of rotatable bonds is 4. The number of para-hydroxylation sites is 1. The summed E-state index contributed by atoms with van der Waals surface area (Å²) in [4.78, 5) is 12.0. The summed E-state index contributed by atoms with van der Waals surface area (Å²) in [5, 5.41) is 2.46. The molecule has 0 spiro atoms. The summed E-state index contributed by atoms with van der Waals surface area (Å²) in [5.74, 6) is -0.478. The summed E-state index contributed by atoms with van der Waals surface area (Å²) < 4.78 is 19.8. The molecule has 0 aliphatic carbocycles. The molecule has 1 unspecified atom stereocenters. The van der Waals surface area contributed by atoms with Crippen LogP contribution in [0.5, 0.6) is 5.75 Å². The Morgan fingerprint density at radius 3 is 2.76 bits per heavy atom. The van der Waals surface area contributed by atoms with E-state index >= 15 is 0 Å². The van der Waals surface area contributed by atoms with Gasteiger partial charge >= 0.3 is 0 Å². The van der Waals surface area contributed by atoms with E-state index in [4.69, 9.17) is 10.5 Å². The highest BCUT2D eigenvalue weighted by Crippen LogP contribution is 2.25. The van der Waals surface area contributed by atoms with E-state index < -0.39 is 17.8 Å². The first-order chi connectivity index (χ1) is 9.97. The number of ether oxygens (including phenoxy) is 1. The summed E-state index contributed by atoms with van der Waals surface area (Å²) in [5.41, 5.74) is 5.96. The van der Waals surface area contributed by atoms with E-state index in [0.717, 1.165) is 4.47 Å². The second-order valence-corrected chi connectivity index (χ2v) is 5.27. The summed E-state index contributed by atoms with van der Waals surface area (Å²) in [6.45, 7) is 1.58. The van der Waals surface area contributed by atoms with Gasteiger partial charge in [-0.05, 0) is 53.2 Å². The number of anilines is 2. The number of halogens is 2. The van der Waals surface area contributed by atoms with Gasteiger partial charge in [-0.3, -0.25) is 4.79 Å². The number of amides is 1. The van der Waals surface area contributed by atoms with E-state index in [2.05, 4.69) is 21.2 Å². The Labute approximate surface area is 130 Å². The maximum atomic E-state index is 13.6. The molecule has 0 saturated heterocycles. The van der Waals surface area contributed by atoms with Crippen LogP contribution in [0.2, 0.25) is 0 Å². The number of carbonyl (C=O) groups excluding carboxylic acids is 1. The van der Waals surface area contributed by atoms with Gasteiger partial charge in [0, 0.05) is 5.69 Å². The quantitative estimate of drug-likeness (QED) is 0.826. The average molecular weight is 353 g/mol. The predicted octanol–water partition coefficient (Wildman–Crippen LogP) is 3.58.